The third-order valence-corrected chi connectivity index (χ3v) is 2.35. The van der Waals surface area contributed by atoms with Crippen LogP contribution in [0.1, 0.15) is 5.56 Å². The van der Waals surface area contributed by atoms with E-state index in [9.17, 15) is 5.11 Å². The minimum atomic E-state index is -0.570. The van der Waals surface area contributed by atoms with Crippen molar-refractivity contribution in [3.05, 3.63) is 29.8 Å². The lowest BCUT2D eigenvalue weighted by atomic mass is 10.2. The molecule has 0 fully saturated rings. The zero-order chi connectivity index (χ0) is 12.5. The molecule has 0 aliphatic heterocycles. The lowest BCUT2D eigenvalue weighted by Crippen LogP contribution is -2.08. The Morgan fingerprint density at radius 3 is 2.72 bits per heavy atom. The maximum Gasteiger partial charge on any atom is 0.277 e. The van der Waals surface area contributed by atoms with Gasteiger partial charge in [-0.25, -0.2) is 4.98 Å². The highest BCUT2D eigenvalue weighted by Crippen LogP contribution is 2.15. The molecule has 18 heavy (non-hydrogen) atoms. The van der Waals surface area contributed by atoms with Gasteiger partial charge in [0.15, 0.2) is 0 Å². The third kappa shape index (κ3) is 1.79. The summed E-state index contributed by atoms with van der Waals surface area (Å²) >= 11 is 0. The van der Waals surface area contributed by atoms with Crippen LogP contribution in [-0.4, -0.2) is 30.0 Å². The average Bonchev–Trinajstić information content (AvgIpc) is 2.81. The Labute approximate surface area is 101 Å². The van der Waals surface area contributed by atoms with Crippen LogP contribution < -0.4 is 10.4 Å². The SMILES string of the molecule is Cc1ccc(Nc2nc([O-])n3nnnc3n2)cc1. The maximum atomic E-state index is 11.5. The molecule has 1 aromatic carbocycles. The summed E-state index contributed by atoms with van der Waals surface area (Å²) in [6.45, 7) is 1.99. The molecule has 0 unspecified atom stereocenters. The fourth-order valence-corrected chi connectivity index (χ4v) is 1.46. The van der Waals surface area contributed by atoms with Crippen LogP contribution in [0.25, 0.3) is 5.78 Å². The Kier molecular flexibility index (Phi) is 2.26. The van der Waals surface area contributed by atoms with Gasteiger partial charge in [-0.1, -0.05) is 22.8 Å². The molecular formula is C10H8N7O-. The van der Waals surface area contributed by atoms with E-state index in [0.717, 1.165) is 15.8 Å². The van der Waals surface area contributed by atoms with Gasteiger partial charge in [-0.05, 0) is 29.5 Å². The molecule has 90 valence electrons. The van der Waals surface area contributed by atoms with Crippen molar-refractivity contribution < 1.29 is 5.11 Å². The van der Waals surface area contributed by atoms with E-state index in [4.69, 9.17) is 0 Å². The number of fused-ring (bicyclic) bond motifs is 1. The lowest BCUT2D eigenvalue weighted by Gasteiger charge is -2.09. The number of hydrogen-bond donors (Lipinski definition) is 1. The highest BCUT2D eigenvalue weighted by molar-refractivity contribution is 5.54. The summed E-state index contributed by atoms with van der Waals surface area (Å²) in [5.41, 5.74) is 1.93. The van der Waals surface area contributed by atoms with Gasteiger partial charge >= 0.3 is 0 Å². The minimum Gasteiger partial charge on any atom is -0.844 e. The molecule has 3 aromatic rings. The number of hydrogen-bond acceptors (Lipinski definition) is 7. The smallest absolute Gasteiger partial charge is 0.277 e. The van der Waals surface area contributed by atoms with Gasteiger partial charge in [0.1, 0.15) is 0 Å². The summed E-state index contributed by atoms with van der Waals surface area (Å²) in [5, 5.41) is 24.9. The molecule has 0 saturated heterocycles. The van der Waals surface area contributed by atoms with Crippen molar-refractivity contribution in [1.29, 1.82) is 0 Å². The van der Waals surface area contributed by atoms with Gasteiger partial charge in [0.05, 0.1) is 6.01 Å². The lowest BCUT2D eigenvalue weighted by molar-refractivity contribution is -0.284. The molecule has 3 rings (SSSR count). The summed E-state index contributed by atoms with van der Waals surface area (Å²) < 4.78 is 0.931. The fraction of sp³-hybridized carbons (Fsp3) is 0.100. The van der Waals surface area contributed by atoms with Crippen LogP contribution in [0.15, 0.2) is 24.3 Å². The van der Waals surface area contributed by atoms with Crippen LogP contribution >= 0.6 is 0 Å². The van der Waals surface area contributed by atoms with Crippen LogP contribution in [0, 0.1) is 6.92 Å². The van der Waals surface area contributed by atoms with Crippen molar-refractivity contribution >= 4 is 17.4 Å². The van der Waals surface area contributed by atoms with Gasteiger partial charge in [-0.15, -0.1) is 0 Å². The normalized spacial score (nSPS) is 10.7. The second-order valence-electron chi connectivity index (χ2n) is 3.71. The standard InChI is InChI=1S/C10H9N7O/c1-6-2-4-7(5-3-6)11-8-12-9-14-15-16-17(9)10(18)13-8/h2-5H,1H3,(H2,11,12,13,14,16,18)/p-1. The van der Waals surface area contributed by atoms with Gasteiger partial charge in [-0.2, -0.15) is 9.50 Å². The van der Waals surface area contributed by atoms with E-state index in [2.05, 4.69) is 30.8 Å². The molecule has 2 aromatic heterocycles. The van der Waals surface area contributed by atoms with Crippen LogP contribution in [0.3, 0.4) is 0 Å². The predicted octanol–water partition coefficient (Wildman–Crippen LogP) is 0.0399. The quantitative estimate of drug-likeness (QED) is 0.676. The monoisotopic (exact) mass is 242 g/mol. The van der Waals surface area contributed by atoms with E-state index >= 15 is 0 Å². The van der Waals surface area contributed by atoms with E-state index in [1.165, 1.54) is 0 Å². The summed E-state index contributed by atoms with van der Waals surface area (Å²) in [4.78, 5) is 7.75. The minimum absolute atomic E-state index is 0.115. The Morgan fingerprint density at radius 2 is 1.94 bits per heavy atom. The number of aryl methyl sites for hydroxylation is 1. The van der Waals surface area contributed by atoms with Crippen LogP contribution in [0.4, 0.5) is 11.6 Å². The van der Waals surface area contributed by atoms with Crippen molar-refractivity contribution in [1.82, 2.24) is 30.0 Å². The van der Waals surface area contributed by atoms with Crippen LogP contribution in [0.2, 0.25) is 0 Å². The van der Waals surface area contributed by atoms with Crippen molar-refractivity contribution in [3.63, 3.8) is 0 Å². The molecular weight excluding hydrogens is 234 g/mol. The second kappa shape index (κ2) is 3.91. The van der Waals surface area contributed by atoms with E-state index in [1.807, 2.05) is 31.2 Å². The van der Waals surface area contributed by atoms with Crippen LogP contribution in [0.5, 0.6) is 6.01 Å². The van der Waals surface area contributed by atoms with Crippen molar-refractivity contribution in [2.45, 2.75) is 6.92 Å². The summed E-state index contributed by atoms with van der Waals surface area (Å²) in [6.07, 6.45) is 0. The number of anilines is 2. The molecule has 0 amide bonds. The van der Waals surface area contributed by atoms with Gasteiger partial charge in [0.25, 0.3) is 5.78 Å². The Balaban J connectivity index is 1.97. The molecule has 0 spiro atoms. The highest BCUT2D eigenvalue weighted by Gasteiger charge is 2.04. The first-order valence-corrected chi connectivity index (χ1v) is 5.19. The summed E-state index contributed by atoms with van der Waals surface area (Å²) in [5.74, 6) is 0.288. The molecule has 0 aliphatic rings. The summed E-state index contributed by atoms with van der Waals surface area (Å²) in [6, 6.07) is 7.06. The molecule has 0 aliphatic carbocycles. The van der Waals surface area contributed by atoms with Crippen molar-refractivity contribution in [2.75, 3.05) is 5.32 Å². The van der Waals surface area contributed by atoms with Crippen LogP contribution in [-0.2, 0) is 0 Å². The zero-order valence-electron chi connectivity index (χ0n) is 9.40. The van der Waals surface area contributed by atoms with Gasteiger partial charge in [0.2, 0.25) is 5.95 Å². The Hall–Kier alpha value is -2.77. The first-order valence-electron chi connectivity index (χ1n) is 5.19. The number of nitrogens with zero attached hydrogens (tertiary/aromatic N) is 6. The first-order chi connectivity index (χ1) is 8.72. The predicted molar refractivity (Wildman–Crippen MR) is 60.3 cm³/mol. The molecule has 8 heteroatoms. The number of nitrogens with one attached hydrogen (secondary N) is 1. The topological polar surface area (TPSA) is 104 Å². The Morgan fingerprint density at radius 1 is 1.17 bits per heavy atom. The Bertz CT molecular complexity index is 691. The number of tetrazole rings is 1. The first kappa shape index (κ1) is 10.4. The van der Waals surface area contributed by atoms with E-state index in [1.54, 1.807) is 0 Å². The molecule has 0 atom stereocenters. The van der Waals surface area contributed by atoms with E-state index in [-0.39, 0.29) is 11.7 Å². The van der Waals surface area contributed by atoms with Gasteiger partial charge in [-0.3, -0.25) is 0 Å². The van der Waals surface area contributed by atoms with Gasteiger partial charge < -0.3 is 10.4 Å². The highest BCUT2D eigenvalue weighted by atomic mass is 16.3. The van der Waals surface area contributed by atoms with E-state index in [0.29, 0.717) is 0 Å². The van der Waals surface area contributed by atoms with Gasteiger partial charge in [0, 0.05) is 5.69 Å². The van der Waals surface area contributed by atoms with E-state index < -0.39 is 6.01 Å². The third-order valence-electron chi connectivity index (χ3n) is 2.35. The van der Waals surface area contributed by atoms with Crippen molar-refractivity contribution in [2.24, 2.45) is 0 Å². The molecule has 0 saturated carbocycles. The number of aromatic nitrogens is 6. The number of rotatable bonds is 2. The zero-order valence-corrected chi connectivity index (χ0v) is 9.40. The molecule has 8 nitrogen and oxygen atoms in total. The molecule has 0 radical (unpaired) electrons. The fourth-order valence-electron chi connectivity index (χ4n) is 1.46. The summed E-state index contributed by atoms with van der Waals surface area (Å²) in [7, 11) is 0. The average molecular weight is 242 g/mol. The second-order valence-corrected chi connectivity index (χ2v) is 3.71. The molecule has 2 heterocycles. The largest absolute Gasteiger partial charge is 0.844 e. The molecule has 1 N–H and O–H groups in total. The molecule has 0 bridgehead atoms. The number of benzene rings is 1. The van der Waals surface area contributed by atoms with Crippen molar-refractivity contribution in [3.8, 4) is 6.01 Å². The maximum absolute atomic E-state index is 11.5.